The predicted molar refractivity (Wildman–Crippen MR) is 126 cm³/mol. The smallest absolute Gasteiger partial charge is 0.411 e. The summed E-state index contributed by atoms with van der Waals surface area (Å²) in [5, 5.41) is 21.5. The third-order valence-electron chi connectivity index (χ3n) is 4.70. The Morgan fingerprint density at radius 1 is 0.919 bits per heavy atom. The van der Waals surface area contributed by atoms with Crippen LogP contribution in [0.5, 0.6) is 0 Å². The molecule has 1 amide bonds. The Morgan fingerprint density at radius 3 is 1.81 bits per heavy atom. The average Bonchev–Trinajstić information content (AvgIpc) is 2.83. The Balaban J connectivity index is 1.98. The van der Waals surface area contributed by atoms with Crippen LogP contribution in [0.1, 0.15) is 17.5 Å². The minimum Gasteiger partial charge on any atom is -0.461 e. The van der Waals surface area contributed by atoms with E-state index >= 15 is 0 Å². The van der Waals surface area contributed by atoms with Crippen LogP contribution in [0.25, 0.3) is 0 Å². The Labute approximate surface area is 211 Å². The van der Waals surface area contributed by atoms with Gasteiger partial charge in [-0.15, -0.1) is 0 Å². The Morgan fingerprint density at radius 2 is 1.38 bits per heavy atom. The SMILES string of the molecule is CS(=O)(=O)OCCN(C(=O)OCc1ccc([N+](=O)[O-])cc1)C(N)CC(=O)OCc1ccc([N+](=O)[O-])cc1. The van der Waals surface area contributed by atoms with E-state index in [1.807, 2.05) is 0 Å². The molecule has 200 valence electrons. The summed E-state index contributed by atoms with van der Waals surface area (Å²) in [4.78, 5) is 46.1. The zero-order chi connectivity index (χ0) is 27.6. The third-order valence-corrected chi connectivity index (χ3v) is 5.29. The van der Waals surface area contributed by atoms with E-state index in [2.05, 4.69) is 4.18 Å². The van der Waals surface area contributed by atoms with Crippen molar-refractivity contribution < 1.29 is 41.5 Å². The molecule has 0 heterocycles. The number of non-ortho nitro benzene ring substituents is 2. The summed E-state index contributed by atoms with van der Waals surface area (Å²) in [5.41, 5.74) is 6.62. The number of ether oxygens (including phenoxy) is 2. The quantitative estimate of drug-likeness (QED) is 0.127. The minimum atomic E-state index is -3.82. The summed E-state index contributed by atoms with van der Waals surface area (Å²) in [6.45, 7) is -1.29. The molecule has 0 saturated heterocycles. The van der Waals surface area contributed by atoms with Crippen molar-refractivity contribution in [2.24, 2.45) is 5.73 Å². The van der Waals surface area contributed by atoms with Gasteiger partial charge in [0.1, 0.15) is 13.2 Å². The predicted octanol–water partition coefficient (Wildman–Crippen LogP) is 1.84. The number of carbonyl (C=O) groups is 2. The fourth-order valence-electron chi connectivity index (χ4n) is 2.84. The van der Waals surface area contributed by atoms with Crippen LogP contribution in [0.3, 0.4) is 0 Å². The zero-order valence-corrected chi connectivity index (χ0v) is 20.4. The summed E-state index contributed by atoms with van der Waals surface area (Å²) in [5.74, 6) is -0.803. The van der Waals surface area contributed by atoms with Crippen molar-refractivity contribution in [3.05, 3.63) is 79.9 Å². The number of nitrogens with zero attached hydrogens (tertiary/aromatic N) is 3. The second kappa shape index (κ2) is 13.2. The highest BCUT2D eigenvalue weighted by molar-refractivity contribution is 7.85. The molecule has 2 aromatic carbocycles. The maximum atomic E-state index is 12.6. The van der Waals surface area contributed by atoms with Crippen molar-refractivity contribution in [3.8, 4) is 0 Å². The van der Waals surface area contributed by atoms with Crippen molar-refractivity contribution in [2.75, 3.05) is 19.4 Å². The first-order chi connectivity index (χ1) is 17.4. The van der Waals surface area contributed by atoms with Crippen molar-refractivity contribution in [1.29, 1.82) is 0 Å². The van der Waals surface area contributed by atoms with Gasteiger partial charge in [-0.1, -0.05) is 0 Å². The van der Waals surface area contributed by atoms with Gasteiger partial charge in [-0.05, 0) is 35.4 Å². The molecule has 0 aliphatic carbocycles. The van der Waals surface area contributed by atoms with Crippen LogP contribution >= 0.6 is 0 Å². The van der Waals surface area contributed by atoms with Gasteiger partial charge < -0.3 is 15.2 Å². The highest BCUT2D eigenvalue weighted by Crippen LogP contribution is 2.15. The first-order valence-electron chi connectivity index (χ1n) is 10.5. The van der Waals surface area contributed by atoms with Gasteiger partial charge in [-0.3, -0.25) is 34.1 Å². The molecule has 2 rings (SSSR count). The van der Waals surface area contributed by atoms with Gasteiger partial charge in [0.2, 0.25) is 0 Å². The van der Waals surface area contributed by atoms with Crippen LogP contribution < -0.4 is 5.73 Å². The van der Waals surface area contributed by atoms with Crippen LogP contribution in [0.15, 0.2) is 48.5 Å². The maximum absolute atomic E-state index is 12.6. The number of benzene rings is 2. The van der Waals surface area contributed by atoms with Crippen molar-refractivity contribution in [2.45, 2.75) is 25.8 Å². The summed E-state index contributed by atoms with van der Waals surface area (Å²) in [6.07, 6.45) is -1.94. The number of rotatable bonds is 13. The fourth-order valence-corrected chi connectivity index (χ4v) is 3.22. The minimum absolute atomic E-state index is 0.128. The standard InChI is InChI=1S/C21H24N4O11S/c1-37(32,33)36-11-10-23(21(27)35-14-16-4-8-18(9-5-16)25(30)31)19(22)12-20(26)34-13-15-2-6-17(7-3-15)24(28)29/h2-9,19H,10-14,22H2,1H3. The van der Waals surface area contributed by atoms with Gasteiger partial charge in [0.05, 0.1) is 41.8 Å². The number of hydrogen-bond acceptors (Lipinski definition) is 12. The lowest BCUT2D eigenvalue weighted by molar-refractivity contribution is -0.385. The molecule has 1 atom stereocenters. The van der Waals surface area contributed by atoms with Crippen molar-refractivity contribution in [3.63, 3.8) is 0 Å². The molecule has 0 aromatic heterocycles. The molecule has 0 bridgehead atoms. The fraction of sp³-hybridized carbons (Fsp3) is 0.333. The third kappa shape index (κ3) is 10.2. The lowest BCUT2D eigenvalue weighted by Crippen LogP contribution is -2.49. The van der Waals surface area contributed by atoms with E-state index in [4.69, 9.17) is 15.2 Å². The molecular formula is C21H24N4O11S. The molecule has 16 heteroatoms. The number of hydrogen-bond donors (Lipinski definition) is 1. The average molecular weight is 541 g/mol. The van der Waals surface area contributed by atoms with Crippen molar-refractivity contribution >= 4 is 33.6 Å². The van der Waals surface area contributed by atoms with Crippen LogP contribution in [0.4, 0.5) is 16.2 Å². The Bertz CT molecular complexity index is 1220. The molecule has 0 aliphatic rings. The van der Waals surface area contributed by atoms with Gasteiger partial charge in [0, 0.05) is 24.3 Å². The van der Waals surface area contributed by atoms with E-state index < -0.39 is 51.2 Å². The van der Waals surface area contributed by atoms with E-state index in [-0.39, 0.29) is 31.1 Å². The van der Waals surface area contributed by atoms with E-state index in [1.165, 1.54) is 48.5 Å². The van der Waals surface area contributed by atoms with Gasteiger partial charge in [-0.2, -0.15) is 8.42 Å². The van der Waals surface area contributed by atoms with Crippen LogP contribution in [0, 0.1) is 20.2 Å². The summed E-state index contributed by atoms with van der Waals surface area (Å²) >= 11 is 0. The molecule has 15 nitrogen and oxygen atoms in total. The molecule has 0 fully saturated rings. The molecule has 37 heavy (non-hydrogen) atoms. The lowest BCUT2D eigenvalue weighted by atomic mass is 10.2. The van der Waals surface area contributed by atoms with Gasteiger partial charge in [0.25, 0.3) is 21.5 Å². The monoisotopic (exact) mass is 540 g/mol. The number of amides is 1. The number of esters is 1. The lowest BCUT2D eigenvalue weighted by Gasteiger charge is -2.27. The van der Waals surface area contributed by atoms with Gasteiger partial charge in [-0.25, -0.2) is 4.79 Å². The molecule has 0 saturated carbocycles. The van der Waals surface area contributed by atoms with E-state index in [0.29, 0.717) is 11.1 Å². The van der Waals surface area contributed by atoms with Gasteiger partial charge in [0.15, 0.2) is 0 Å². The largest absolute Gasteiger partial charge is 0.461 e. The van der Waals surface area contributed by atoms with Crippen molar-refractivity contribution in [1.82, 2.24) is 4.90 Å². The molecule has 2 N–H and O–H groups in total. The first kappa shape index (κ1) is 29.1. The summed E-state index contributed by atoms with van der Waals surface area (Å²) in [7, 11) is -3.82. The number of nitrogens with two attached hydrogens (primary N) is 1. The zero-order valence-electron chi connectivity index (χ0n) is 19.5. The second-order valence-corrected chi connectivity index (χ2v) is 9.20. The normalized spacial score (nSPS) is 11.8. The molecular weight excluding hydrogens is 516 g/mol. The van der Waals surface area contributed by atoms with Crippen LogP contribution in [0.2, 0.25) is 0 Å². The second-order valence-electron chi connectivity index (χ2n) is 7.55. The molecule has 2 aromatic rings. The highest BCUT2D eigenvalue weighted by atomic mass is 32.2. The van der Waals surface area contributed by atoms with Gasteiger partial charge >= 0.3 is 12.1 Å². The molecule has 0 radical (unpaired) electrons. The first-order valence-corrected chi connectivity index (χ1v) is 12.3. The Hall–Kier alpha value is -4.15. The van der Waals surface area contributed by atoms with E-state index in [0.717, 1.165) is 11.2 Å². The molecule has 0 aliphatic heterocycles. The maximum Gasteiger partial charge on any atom is 0.411 e. The number of nitro groups is 2. The number of carbonyl (C=O) groups excluding carboxylic acids is 2. The number of nitro benzene ring substituents is 2. The summed E-state index contributed by atoms with van der Waals surface area (Å²) < 4.78 is 37.4. The molecule has 0 spiro atoms. The van der Waals surface area contributed by atoms with Crippen LogP contribution in [-0.2, 0) is 41.8 Å². The van der Waals surface area contributed by atoms with E-state index in [1.54, 1.807) is 0 Å². The summed E-state index contributed by atoms with van der Waals surface area (Å²) in [6, 6.07) is 10.6. The van der Waals surface area contributed by atoms with Crippen LogP contribution in [-0.4, -0.2) is 60.8 Å². The highest BCUT2D eigenvalue weighted by Gasteiger charge is 2.25. The van der Waals surface area contributed by atoms with E-state index in [9.17, 15) is 38.2 Å². The molecule has 1 unspecified atom stereocenters. The Kier molecular flexibility index (Phi) is 10.4. The topological polar surface area (TPSA) is 212 Å².